The molecule has 28 heavy (non-hydrogen) atoms. The number of benzene rings is 2. The number of fused-ring (bicyclic) bond motifs is 3. The summed E-state index contributed by atoms with van der Waals surface area (Å²) in [4.78, 5) is 20.2. The van der Waals surface area contributed by atoms with Crippen LogP contribution in [0.4, 0.5) is 0 Å². The monoisotopic (exact) mass is 375 g/mol. The second-order valence-electron chi connectivity index (χ2n) is 6.66. The van der Waals surface area contributed by atoms with Gasteiger partial charge in [-0.2, -0.15) is 0 Å². The van der Waals surface area contributed by atoms with E-state index in [1.54, 1.807) is 13.2 Å². The number of methoxy groups -OCH3 is 1. The lowest BCUT2D eigenvalue weighted by atomic mass is 9.97. The summed E-state index contributed by atoms with van der Waals surface area (Å²) in [7, 11) is 1.64. The molecule has 0 spiro atoms. The van der Waals surface area contributed by atoms with Crippen molar-refractivity contribution >= 4 is 27.8 Å². The highest BCUT2D eigenvalue weighted by Crippen LogP contribution is 2.39. The molecule has 2 aromatic heterocycles. The molecular weight excluding hydrogens is 354 g/mol. The van der Waals surface area contributed by atoms with Crippen LogP contribution in [0.2, 0.25) is 0 Å². The number of hydrogen-bond donors (Lipinski definition) is 3. The summed E-state index contributed by atoms with van der Waals surface area (Å²) in [6.07, 6.45) is 1.83. The zero-order valence-corrected chi connectivity index (χ0v) is 15.7. The molecule has 6 heteroatoms. The fraction of sp³-hybridized carbons (Fsp3) is 0.182. The predicted octanol–water partition coefficient (Wildman–Crippen LogP) is 3.42. The standard InChI is InChI=1S/C22H21N3O3/c1-13-10-17-19-16(6-7-18(28-2)20(19)25-21(17)24-12-13)14-4-3-5-15(11-14)22(27)23-8-9-26/h3-7,10-12,26H,8-9H2,1-2H3,(H,23,27)(H,24,25). The van der Waals surface area contributed by atoms with Crippen molar-refractivity contribution in [3.63, 3.8) is 0 Å². The average molecular weight is 375 g/mol. The van der Waals surface area contributed by atoms with E-state index in [0.717, 1.165) is 44.4 Å². The number of nitrogens with zero attached hydrogens (tertiary/aromatic N) is 1. The number of ether oxygens (including phenoxy) is 1. The largest absolute Gasteiger partial charge is 0.495 e. The van der Waals surface area contributed by atoms with E-state index in [4.69, 9.17) is 9.84 Å². The number of hydrogen-bond acceptors (Lipinski definition) is 4. The van der Waals surface area contributed by atoms with Crippen LogP contribution in [0.15, 0.2) is 48.7 Å². The number of amides is 1. The lowest BCUT2D eigenvalue weighted by Crippen LogP contribution is -2.26. The van der Waals surface area contributed by atoms with Gasteiger partial charge < -0.3 is 20.1 Å². The minimum absolute atomic E-state index is 0.0910. The van der Waals surface area contributed by atoms with Gasteiger partial charge in [-0.05, 0) is 53.9 Å². The second-order valence-corrected chi connectivity index (χ2v) is 6.66. The molecular formula is C22H21N3O3. The van der Waals surface area contributed by atoms with Gasteiger partial charge in [-0.15, -0.1) is 0 Å². The Bertz CT molecular complexity index is 1180. The topological polar surface area (TPSA) is 87.2 Å². The molecule has 0 bridgehead atoms. The first kappa shape index (κ1) is 18.0. The maximum Gasteiger partial charge on any atom is 0.251 e. The van der Waals surface area contributed by atoms with Gasteiger partial charge >= 0.3 is 0 Å². The number of aliphatic hydroxyl groups is 1. The van der Waals surface area contributed by atoms with Crippen molar-refractivity contribution in [1.82, 2.24) is 15.3 Å². The minimum Gasteiger partial charge on any atom is -0.495 e. The summed E-state index contributed by atoms with van der Waals surface area (Å²) in [6, 6.07) is 13.5. The zero-order valence-electron chi connectivity index (χ0n) is 15.7. The summed E-state index contributed by atoms with van der Waals surface area (Å²) >= 11 is 0. The molecule has 0 radical (unpaired) electrons. The van der Waals surface area contributed by atoms with Crippen LogP contribution in [0, 0.1) is 6.92 Å². The number of rotatable bonds is 5. The van der Waals surface area contributed by atoms with Gasteiger partial charge in [0.15, 0.2) is 0 Å². The molecule has 0 aliphatic rings. The normalized spacial score (nSPS) is 11.1. The third-order valence-corrected chi connectivity index (χ3v) is 4.76. The highest BCUT2D eigenvalue weighted by Gasteiger charge is 2.16. The molecule has 0 aliphatic carbocycles. The van der Waals surface area contributed by atoms with Crippen LogP contribution in [0.3, 0.4) is 0 Å². The second kappa shape index (κ2) is 7.32. The number of aromatic nitrogens is 2. The van der Waals surface area contributed by atoms with Gasteiger partial charge in [0.25, 0.3) is 5.91 Å². The molecule has 0 fully saturated rings. The van der Waals surface area contributed by atoms with E-state index < -0.39 is 0 Å². The molecule has 4 rings (SSSR count). The van der Waals surface area contributed by atoms with Gasteiger partial charge in [-0.3, -0.25) is 4.79 Å². The Morgan fingerprint density at radius 2 is 2.11 bits per heavy atom. The zero-order chi connectivity index (χ0) is 19.7. The lowest BCUT2D eigenvalue weighted by Gasteiger charge is -2.10. The van der Waals surface area contributed by atoms with Crippen molar-refractivity contribution in [1.29, 1.82) is 0 Å². The summed E-state index contributed by atoms with van der Waals surface area (Å²) in [5.41, 5.74) is 5.20. The van der Waals surface area contributed by atoms with E-state index in [1.807, 2.05) is 43.5 Å². The van der Waals surface area contributed by atoms with Crippen LogP contribution in [-0.2, 0) is 0 Å². The van der Waals surface area contributed by atoms with Crippen molar-refractivity contribution in [2.24, 2.45) is 0 Å². The van der Waals surface area contributed by atoms with Gasteiger partial charge in [0.05, 0.1) is 19.2 Å². The Hall–Kier alpha value is -3.38. The Labute approximate surface area is 162 Å². The minimum atomic E-state index is -0.211. The number of pyridine rings is 1. The molecule has 3 N–H and O–H groups in total. The van der Waals surface area contributed by atoms with Crippen LogP contribution >= 0.6 is 0 Å². The Morgan fingerprint density at radius 3 is 2.89 bits per heavy atom. The van der Waals surface area contributed by atoms with Crippen LogP contribution in [0.25, 0.3) is 33.1 Å². The average Bonchev–Trinajstić information content (AvgIpc) is 3.10. The van der Waals surface area contributed by atoms with E-state index in [2.05, 4.69) is 21.4 Å². The predicted molar refractivity (Wildman–Crippen MR) is 110 cm³/mol. The Morgan fingerprint density at radius 1 is 1.25 bits per heavy atom. The number of aryl methyl sites for hydroxylation is 1. The Balaban J connectivity index is 1.93. The number of carbonyl (C=O) groups is 1. The number of H-pyrrole nitrogens is 1. The molecule has 0 saturated carbocycles. The maximum atomic E-state index is 12.3. The first-order valence-corrected chi connectivity index (χ1v) is 9.07. The number of aliphatic hydroxyl groups excluding tert-OH is 1. The molecule has 4 aromatic rings. The molecule has 1 amide bonds. The van der Waals surface area contributed by atoms with Crippen LogP contribution < -0.4 is 10.1 Å². The smallest absolute Gasteiger partial charge is 0.251 e. The molecule has 0 saturated heterocycles. The number of nitrogens with one attached hydrogen (secondary N) is 2. The maximum absolute atomic E-state index is 12.3. The van der Waals surface area contributed by atoms with Crippen molar-refractivity contribution in [2.45, 2.75) is 6.92 Å². The van der Waals surface area contributed by atoms with Crippen molar-refractivity contribution in [3.05, 3.63) is 59.8 Å². The third kappa shape index (κ3) is 3.08. The van der Waals surface area contributed by atoms with E-state index in [0.29, 0.717) is 5.56 Å². The molecule has 0 atom stereocenters. The highest BCUT2D eigenvalue weighted by molar-refractivity contribution is 6.15. The summed E-state index contributed by atoms with van der Waals surface area (Å²) in [6.45, 7) is 2.15. The van der Waals surface area contributed by atoms with E-state index in [9.17, 15) is 4.79 Å². The van der Waals surface area contributed by atoms with Crippen molar-refractivity contribution < 1.29 is 14.6 Å². The molecule has 142 valence electrons. The van der Waals surface area contributed by atoms with Gasteiger partial charge in [-0.1, -0.05) is 12.1 Å². The molecule has 0 unspecified atom stereocenters. The van der Waals surface area contributed by atoms with Gasteiger partial charge in [-0.25, -0.2) is 4.98 Å². The first-order valence-electron chi connectivity index (χ1n) is 9.07. The van der Waals surface area contributed by atoms with Crippen LogP contribution in [-0.4, -0.2) is 41.2 Å². The summed E-state index contributed by atoms with van der Waals surface area (Å²) < 4.78 is 5.54. The van der Waals surface area contributed by atoms with Crippen molar-refractivity contribution in [2.75, 3.05) is 20.3 Å². The van der Waals surface area contributed by atoms with Crippen molar-refractivity contribution in [3.8, 4) is 16.9 Å². The summed E-state index contributed by atoms with van der Waals surface area (Å²) in [5.74, 6) is 0.531. The fourth-order valence-corrected chi connectivity index (χ4v) is 3.48. The Kier molecular flexibility index (Phi) is 4.71. The third-order valence-electron chi connectivity index (χ3n) is 4.76. The summed E-state index contributed by atoms with van der Waals surface area (Å²) in [5, 5.41) is 13.6. The van der Waals surface area contributed by atoms with E-state index in [1.165, 1.54) is 0 Å². The van der Waals surface area contributed by atoms with E-state index in [-0.39, 0.29) is 19.1 Å². The highest BCUT2D eigenvalue weighted by atomic mass is 16.5. The van der Waals surface area contributed by atoms with Gasteiger partial charge in [0.2, 0.25) is 0 Å². The van der Waals surface area contributed by atoms with E-state index >= 15 is 0 Å². The molecule has 6 nitrogen and oxygen atoms in total. The van der Waals surface area contributed by atoms with Gasteiger partial charge in [0.1, 0.15) is 11.4 Å². The number of aromatic amines is 1. The van der Waals surface area contributed by atoms with Crippen LogP contribution in [0.1, 0.15) is 15.9 Å². The first-order chi connectivity index (χ1) is 13.6. The quantitative estimate of drug-likeness (QED) is 0.499. The van der Waals surface area contributed by atoms with Crippen LogP contribution in [0.5, 0.6) is 5.75 Å². The molecule has 2 aromatic carbocycles. The molecule has 0 aliphatic heterocycles. The number of carbonyl (C=O) groups excluding carboxylic acids is 1. The lowest BCUT2D eigenvalue weighted by molar-refractivity contribution is 0.0945. The molecule has 2 heterocycles. The SMILES string of the molecule is COc1ccc(-c2cccc(C(=O)NCCO)c2)c2c1[nH]c1ncc(C)cc12. The fourth-order valence-electron chi connectivity index (χ4n) is 3.48. The van der Waals surface area contributed by atoms with Gasteiger partial charge in [0, 0.05) is 29.1 Å².